The molecule has 0 fully saturated rings. The van der Waals surface area contributed by atoms with E-state index in [0.29, 0.717) is 24.3 Å². The van der Waals surface area contributed by atoms with Crippen molar-refractivity contribution in [2.24, 2.45) is 0 Å². The lowest BCUT2D eigenvalue weighted by atomic mass is 10.2. The molecule has 0 spiro atoms. The summed E-state index contributed by atoms with van der Waals surface area (Å²) in [6.45, 7) is 0.478. The first-order valence-electron chi connectivity index (χ1n) is 6.14. The zero-order valence-corrected chi connectivity index (χ0v) is 11.9. The Labute approximate surface area is 120 Å². The highest BCUT2D eigenvalue weighted by molar-refractivity contribution is 7.17. The van der Waals surface area contributed by atoms with Gasteiger partial charge >= 0.3 is 11.0 Å². The summed E-state index contributed by atoms with van der Waals surface area (Å²) in [5.74, 6) is -0.545. The van der Waals surface area contributed by atoms with Crippen LogP contribution in [0.25, 0.3) is 0 Å². The monoisotopic (exact) mass is 300 g/mol. The van der Waals surface area contributed by atoms with Gasteiger partial charge in [-0.3, -0.25) is 19.7 Å². The van der Waals surface area contributed by atoms with Crippen molar-refractivity contribution in [2.75, 3.05) is 13.7 Å². The van der Waals surface area contributed by atoms with Crippen LogP contribution in [0.2, 0.25) is 0 Å². The number of hydrogen-bond acceptors (Lipinski definition) is 6. The summed E-state index contributed by atoms with van der Waals surface area (Å²) in [5, 5.41) is 13.1. The van der Waals surface area contributed by atoms with Gasteiger partial charge in [0.2, 0.25) is 0 Å². The Bertz CT molecular complexity index is 486. The molecule has 7 nitrogen and oxygen atoms in total. The molecule has 1 amide bonds. The molecule has 20 heavy (non-hydrogen) atoms. The van der Waals surface area contributed by atoms with Crippen molar-refractivity contribution in [3.63, 3.8) is 0 Å². The van der Waals surface area contributed by atoms with Gasteiger partial charge in [0, 0.05) is 19.0 Å². The average Bonchev–Trinajstić information content (AvgIpc) is 2.92. The van der Waals surface area contributed by atoms with Crippen LogP contribution < -0.4 is 5.32 Å². The number of ether oxygens (including phenoxy) is 1. The van der Waals surface area contributed by atoms with Crippen LogP contribution in [-0.2, 0) is 9.53 Å². The fourth-order valence-electron chi connectivity index (χ4n) is 1.51. The number of unbranched alkanes of at least 4 members (excludes halogenated alkanes) is 2. The predicted octanol–water partition coefficient (Wildman–Crippen LogP) is 2.12. The molecule has 0 aliphatic heterocycles. The van der Waals surface area contributed by atoms with Crippen LogP contribution in [0, 0.1) is 10.1 Å². The largest absolute Gasteiger partial charge is 0.469 e. The van der Waals surface area contributed by atoms with E-state index in [9.17, 15) is 19.7 Å². The molecule has 0 aliphatic carbocycles. The number of thiophene rings is 1. The first-order valence-corrected chi connectivity index (χ1v) is 6.95. The molecule has 0 aromatic carbocycles. The van der Waals surface area contributed by atoms with Crippen LogP contribution in [0.15, 0.2) is 12.1 Å². The maximum Gasteiger partial charge on any atom is 0.324 e. The van der Waals surface area contributed by atoms with E-state index in [2.05, 4.69) is 10.1 Å². The van der Waals surface area contributed by atoms with Crippen LogP contribution in [0.1, 0.15) is 35.4 Å². The molecule has 110 valence electrons. The Balaban J connectivity index is 2.19. The molecule has 0 bridgehead atoms. The molecule has 1 aromatic heterocycles. The second-order valence-corrected chi connectivity index (χ2v) is 5.10. The average molecular weight is 300 g/mol. The van der Waals surface area contributed by atoms with Gasteiger partial charge in [0.15, 0.2) is 0 Å². The third-order valence-electron chi connectivity index (χ3n) is 2.57. The molecule has 1 N–H and O–H groups in total. The topological polar surface area (TPSA) is 98.5 Å². The number of nitrogens with zero attached hydrogens (tertiary/aromatic N) is 1. The quantitative estimate of drug-likeness (QED) is 0.343. The summed E-state index contributed by atoms with van der Waals surface area (Å²) in [5.41, 5.74) is 0. The molecule has 0 unspecified atom stereocenters. The van der Waals surface area contributed by atoms with Gasteiger partial charge < -0.3 is 10.1 Å². The summed E-state index contributed by atoms with van der Waals surface area (Å²) in [7, 11) is 1.35. The highest BCUT2D eigenvalue weighted by Crippen LogP contribution is 2.23. The number of carbonyl (C=O) groups excluding carboxylic acids is 2. The predicted molar refractivity (Wildman–Crippen MR) is 73.8 cm³/mol. The van der Waals surface area contributed by atoms with Crippen molar-refractivity contribution in [3.05, 3.63) is 27.1 Å². The van der Waals surface area contributed by atoms with E-state index in [0.717, 1.165) is 24.2 Å². The van der Waals surface area contributed by atoms with E-state index in [1.54, 1.807) is 0 Å². The molecule has 1 heterocycles. The molecule has 0 saturated carbocycles. The number of rotatable bonds is 8. The zero-order valence-electron chi connectivity index (χ0n) is 11.1. The molecule has 0 aliphatic rings. The SMILES string of the molecule is COC(=O)CCCCCNC(=O)c1ccc([N+](=O)[O-])s1. The third-order valence-corrected chi connectivity index (χ3v) is 3.60. The van der Waals surface area contributed by atoms with E-state index in [1.165, 1.54) is 19.2 Å². The number of nitro groups is 1. The van der Waals surface area contributed by atoms with Crippen molar-refractivity contribution in [1.82, 2.24) is 5.32 Å². The zero-order chi connectivity index (χ0) is 15.0. The number of hydrogen-bond donors (Lipinski definition) is 1. The molecule has 1 aromatic rings. The van der Waals surface area contributed by atoms with Gasteiger partial charge in [-0.2, -0.15) is 0 Å². The van der Waals surface area contributed by atoms with Crippen molar-refractivity contribution in [3.8, 4) is 0 Å². The van der Waals surface area contributed by atoms with Crippen molar-refractivity contribution in [1.29, 1.82) is 0 Å². The van der Waals surface area contributed by atoms with Crippen LogP contribution in [0.3, 0.4) is 0 Å². The first-order chi connectivity index (χ1) is 9.54. The van der Waals surface area contributed by atoms with E-state index in [4.69, 9.17) is 0 Å². The number of methoxy groups -OCH3 is 1. The maximum atomic E-state index is 11.7. The van der Waals surface area contributed by atoms with Crippen LogP contribution in [-0.4, -0.2) is 30.5 Å². The van der Waals surface area contributed by atoms with E-state index >= 15 is 0 Å². The van der Waals surface area contributed by atoms with Gasteiger partial charge in [-0.05, 0) is 18.9 Å². The van der Waals surface area contributed by atoms with Gasteiger partial charge in [0.05, 0.1) is 16.9 Å². The van der Waals surface area contributed by atoms with Gasteiger partial charge in [-0.1, -0.05) is 17.8 Å². The Kier molecular flexibility index (Phi) is 6.65. The minimum atomic E-state index is -0.520. The Morgan fingerprint density at radius 1 is 1.35 bits per heavy atom. The summed E-state index contributed by atoms with van der Waals surface area (Å²) < 4.78 is 4.51. The number of amides is 1. The molecule has 0 atom stereocenters. The van der Waals surface area contributed by atoms with Gasteiger partial charge in [-0.15, -0.1) is 0 Å². The minimum absolute atomic E-state index is 0.0479. The lowest BCUT2D eigenvalue weighted by Crippen LogP contribution is -2.23. The molecular formula is C12H16N2O5S. The molecule has 0 saturated heterocycles. The highest BCUT2D eigenvalue weighted by atomic mass is 32.1. The third kappa shape index (κ3) is 5.35. The van der Waals surface area contributed by atoms with Crippen molar-refractivity contribution < 1.29 is 19.2 Å². The van der Waals surface area contributed by atoms with E-state index < -0.39 is 4.92 Å². The first kappa shape index (κ1) is 16.1. The van der Waals surface area contributed by atoms with Crippen LogP contribution in [0.4, 0.5) is 5.00 Å². The fraction of sp³-hybridized carbons (Fsp3) is 0.500. The smallest absolute Gasteiger partial charge is 0.324 e. The maximum absolute atomic E-state index is 11.7. The summed E-state index contributed by atoms with van der Waals surface area (Å²) in [4.78, 5) is 32.8. The number of carbonyl (C=O) groups is 2. The second-order valence-electron chi connectivity index (χ2n) is 4.04. The Morgan fingerprint density at radius 3 is 2.70 bits per heavy atom. The summed E-state index contributed by atoms with van der Waals surface area (Å²) >= 11 is 0.852. The Hall–Kier alpha value is -1.96. The number of nitrogens with one attached hydrogen (secondary N) is 1. The second kappa shape index (κ2) is 8.26. The number of esters is 1. The lowest BCUT2D eigenvalue weighted by molar-refractivity contribution is -0.380. The molecular weight excluding hydrogens is 284 g/mol. The van der Waals surface area contributed by atoms with Gasteiger partial charge in [0.25, 0.3) is 5.91 Å². The van der Waals surface area contributed by atoms with E-state index in [-0.39, 0.29) is 16.9 Å². The van der Waals surface area contributed by atoms with Gasteiger partial charge in [-0.25, -0.2) is 0 Å². The molecule has 1 rings (SSSR count). The normalized spacial score (nSPS) is 10.1. The van der Waals surface area contributed by atoms with Crippen molar-refractivity contribution >= 4 is 28.2 Å². The standard InChI is InChI=1S/C12H16N2O5S/c1-19-11(15)5-3-2-4-8-13-12(16)9-6-7-10(20-9)14(17)18/h6-7H,2-5,8H2,1H3,(H,13,16). The lowest BCUT2D eigenvalue weighted by Gasteiger charge is -2.03. The Morgan fingerprint density at radius 2 is 2.10 bits per heavy atom. The van der Waals surface area contributed by atoms with Crippen LogP contribution >= 0.6 is 11.3 Å². The highest BCUT2D eigenvalue weighted by Gasteiger charge is 2.14. The van der Waals surface area contributed by atoms with Gasteiger partial charge in [0.1, 0.15) is 0 Å². The van der Waals surface area contributed by atoms with Crippen LogP contribution in [0.5, 0.6) is 0 Å². The van der Waals surface area contributed by atoms with Crippen molar-refractivity contribution in [2.45, 2.75) is 25.7 Å². The fourth-order valence-corrected chi connectivity index (χ4v) is 2.25. The summed E-state index contributed by atoms with van der Waals surface area (Å²) in [6, 6.07) is 2.76. The van der Waals surface area contributed by atoms with E-state index in [1.807, 2.05) is 0 Å². The molecule has 8 heteroatoms. The molecule has 0 radical (unpaired) electrons. The summed E-state index contributed by atoms with van der Waals surface area (Å²) in [6.07, 6.45) is 2.64. The minimum Gasteiger partial charge on any atom is -0.469 e.